The summed E-state index contributed by atoms with van der Waals surface area (Å²) in [6.45, 7) is 0.957. The Kier molecular flexibility index (Phi) is 4.69. The SMILES string of the molecule is NC(=O)C1CCN(C(=O)CCn2c(=O)[nH]c3ccccc3c2=O)CC1. The zero-order chi connectivity index (χ0) is 18.0. The molecule has 0 unspecified atom stereocenters. The molecule has 1 aromatic carbocycles. The Labute approximate surface area is 143 Å². The molecular formula is C17H20N4O4. The molecule has 0 radical (unpaired) electrons. The summed E-state index contributed by atoms with van der Waals surface area (Å²) < 4.78 is 1.05. The lowest BCUT2D eigenvalue weighted by atomic mass is 9.96. The van der Waals surface area contributed by atoms with Crippen molar-refractivity contribution in [1.82, 2.24) is 14.5 Å². The number of carbonyl (C=O) groups is 2. The number of rotatable bonds is 4. The van der Waals surface area contributed by atoms with Gasteiger partial charge in [0.05, 0.1) is 10.9 Å². The Morgan fingerprint density at radius 2 is 1.84 bits per heavy atom. The number of fused-ring (bicyclic) bond motifs is 1. The second-order valence-electron chi connectivity index (χ2n) is 6.24. The number of likely N-dealkylation sites (tertiary alicyclic amines) is 1. The molecular weight excluding hydrogens is 324 g/mol. The fraction of sp³-hybridized carbons (Fsp3) is 0.412. The molecule has 1 saturated heterocycles. The lowest BCUT2D eigenvalue weighted by Crippen LogP contribution is -2.43. The van der Waals surface area contributed by atoms with Crippen LogP contribution in [0.15, 0.2) is 33.9 Å². The number of piperidine rings is 1. The Morgan fingerprint density at radius 3 is 2.52 bits per heavy atom. The normalized spacial score (nSPS) is 15.4. The van der Waals surface area contributed by atoms with E-state index in [0.29, 0.717) is 36.8 Å². The van der Waals surface area contributed by atoms with E-state index in [1.54, 1.807) is 29.2 Å². The van der Waals surface area contributed by atoms with E-state index < -0.39 is 11.2 Å². The van der Waals surface area contributed by atoms with Gasteiger partial charge in [-0.3, -0.25) is 19.0 Å². The predicted octanol–water partition coefficient (Wildman–Crippen LogP) is -0.196. The number of nitrogens with one attached hydrogen (secondary N) is 1. The zero-order valence-electron chi connectivity index (χ0n) is 13.7. The number of nitrogens with zero attached hydrogens (tertiary/aromatic N) is 2. The summed E-state index contributed by atoms with van der Waals surface area (Å²) in [5.74, 6) is -0.654. The van der Waals surface area contributed by atoms with Crippen molar-refractivity contribution < 1.29 is 9.59 Å². The smallest absolute Gasteiger partial charge is 0.328 e. The molecule has 1 aromatic heterocycles. The third-order valence-corrected chi connectivity index (χ3v) is 4.69. The molecule has 2 amide bonds. The van der Waals surface area contributed by atoms with Crippen molar-refractivity contribution in [3.05, 3.63) is 45.1 Å². The first-order chi connectivity index (χ1) is 12.0. The van der Waals surface area contributed by atoms with Crippen LogP contribution in [0.2, 0.25) is 0 Å². The first-order valence-corrected chi connectivity index (χ1v) is 8.26. The van der Waals surface area contributed by atoms with Crippen molar-refractivity contribution in [1.29, 1.82) is 0 Å². The summed E-state index contributed by atoms with van der Waals surface area (Å²) in [7, 11) is 0. The lowest BCUT2D eigenvalue weighted by molar-refractivity contribution is -0.135. The van der Waals surface area contributed by atoms with E-state index in [9.17, 15) is 19.2 Å². The molecule has 3 rings (SSSR count). The standard InChI is InChI=1S/C17H20N4O4/c18-15(23)11-5-8-20(9-6-11)14(22)7-10-21-16(24)12-3-1-2-4-13(12)19-17(21)25/h1-4,11H,5-10H2,(H2,18,23)(H,19,25). The van der Waals surface area contributed by atoms with Crippen LogP contribution in [0.25, 0.3) is 10.9 Å². The van der Waals surface area contributed by atoms with Gasteiger partial charge in [-0.2, -0.15) is 0 Å². The predicted molar refractivity (Wildman–Crippen MR) is 91.9 cm³/mol. The number of H-pyrrole nitrogens is 1. The molecule has 0 aliphatic carbocycles. The van der Waals surface area contributed by atoms with Crippen molar-refractivity contribution in [2.45, 2.75) is 25.8 Å². The van der Waals surface area contributed by atoms with Gasteiger partial charge in [-0.1, -0.05) is 12.1 Å². The number of aromatic nitrogens is 2. The van der Waals surface area contributed by atoms with Crippen LogP contribution in [0, 0.1) is 5.92 Å². The van der Waals surface area contributed by atoms with Crippen molar-refractivity contribution in [2.75, 3.05) is 13.1 Å². The summed E-state index contributed by atoms with van der Waals surface area (Å²) in [4.78, 5) is 52.3. The average molecular weight is 344 g/mol. The molecule has 0 bridgehead atoms. The molecule has 25 heavy (non-hydrogen) atoms. The number of para-hydroxylation sites is 1. The van der Waals surface area contributed by atoms with Crippen LogP contribution in [0.5, 0.6) is 0 Å². The minimum absolute atomic E-state index is 0.0214. The van der Waals surface area contributed by atoms with E-state index in [-0.39, 0.29) is 30.7 Å². The number of carbonyl (C=O) groups excluding carboxylic acids is 2. The van der Waals surface area contributed by atoms with Gasteiger partial charge in [0, 0.05) is 32.0 Å². The maximum atomic E-state index is 12.4. The van der Waals surface area contributed by atoms with Crippen LogP contribution in [0.1, 0.15) is 19.3 Å². The molecule has 0 atom stereocenters. The second-order valence-corrected chi connectivity index (χ2v) is 6.24. The maximum Gasteiger partial charge on any atom is 0.328 e. The minimum atomic E-state index is -0.524. The molecule has 1 fully saturated rings. The van der Waals surface area contributed by atoms with Gasteiger partial charge < -0.3 is 15.6 Å². The number of nitrogens with two attached hydrogens (primary N) is 1. The van der Waals surface area contributed by atoms with Gasteiger partial charge in [0.15, 0.2) is 0 Å². The number of hydrogen-bond donors (Lipinski definition) is 2. The highest BCUT2D eigenvalue weighted by molar-refractivity contribution is 5.79. The monoisotopic (exact) mass is 344 g/mol. The van der Waals surface area contributed by atoms with Crippen molar-refractivity contribution in [2.24, 2.45) is 11.7 Å². The third-order valence-electron chi connectivity index (χ3n) is 4.69. The Balaban J connectivity index is 1.69. The topological polar surface area (TPSA) is 118 Å². The third kappa shape index (κ3) is 3.47. The molecule has 1 aliphatic heterocycles. The van der Waals surface area contributed by atoms with Crippen LogP contribution in [-0.2, 0) is 16.1 Å². The van der Waals surface area contributed by atoms with Gasteiger partial charge in [-0.15, -0.1) is 0 Å². The fourth-order valence-electron chi connectivity index (χ4n) is 3.18. The van der Waals surface area contributed by atoms with Gasteiger partial charge in [0.25, 0.3) is 5.56 Å². The van der Waals surface area contributed by atoms with Crippen LogP contribution in [0.3, 0.4) is 0 Å². The molecule has 8 nitrogen and oxygen atoms in total. The van der Waals surface area contributed by atoms with E-state index in [0.717, 1.165) is 4.57 Å². The van der Waals surface area contributed by atoms with E-state index >= 15 is 0 Å². The highest BCUT2D eigenvalue weighted by Gasteiger charge is 2.25. The number of primary amides is 1. The van der Waals surface area contributed by atoms with Gasteiger partial charge in [-0.25, -0.2) is 4.79 Å². The molecule has 132 valence electrons. The van der Waals surface area contributed by atoms with Crippen molar-refractivity contribution >= 4 is 22.7 Å². The fourth-order valence-corrected chi connectivity index (χ4v) is 3.18. The maximum absolute atomic E-state index is 12.4. The van der Waals surface area contributed by atoms with E-state index in [2.05, 4.69) is 4.98 Å². The van der Waals surface area contributed by atoms with Gasteiger partial charge in [-0.05, 0) is 25.0 Å². The molecule has 0 spiro atoms. The summed E-state index contributed by atoms with van der Waals surface area (Å²) in [6.07, 6.45) is 1.16. The molecule has 8 heteroatoms. The highest BCUT2D eigenvalue weighted by Crippen LogP contribution is 2.17. The first kappa shape index (κ1) is 16.9. The average Bonchev–Trinajstić information content (AvgIpc) is 2.61. The van der Waals surface area contributed by atoms with Gasteiger partial charge >= 0.3 is 5.69 Å². The Hall–Kier alpha value is -2.90. The van der Waals surface area contributed by atoms with E-state index in [1.807, 2.05) is 0 Å². The molecule has 1 aliphatic rings. The molecule has 2 heterocycles. The Bertz CT molecular complexity index is 922. The summed E-state index contributed by atoms with van der Waals surface area (Å²) in [5.41, 5.74) is 4.84. The van der Waals surface area contributed by atoms with Crippen LogP contribution >= 0.6 is 0 Å². The largest absolute Gasteiger partial charge is 0.369 e. The van der Waals surface area contributed by atoms with Crippen molar-refractivity contribution in [3.8, 4) is 0 Å². The first-order valence-electron chi connectivity index (χ1n) is 8.26. The van der Waals surface area contributed by atoms with Crippen LogP contribution < -0.4 is 17.0 Å². The van der Waals surface area contributed by atoms with E-state index in [1.165, 1.54) is 0 Å². The number of amides is 2. The lowest BCUT2D eigenvalue weighted by Gasteiger charge is -2.30. The zero-order valence-corrected chi connectivity index (χ0v) is 13.7. The summed E-state index contributed by atoms with van der Waals surface area (Å²) >= 11 is 0. The van der Waals surface area contributed by atoms with E-state index in [4.69, 9.17) is 5.73 Å². The number of benzene rings is 1. The molecule has 0 saturated carbocycles. The van der Waals surface area contributed by atoms with Crippen LogP contribution in [-0.4, -0.2) is 39.4 Å². The molecule has 3 N–H and O–H groups in total. The summed E-state index contributed by atoms with van der Waals surface area (Å²) in [5, 5.41) is 0.414. The highest BCUT2D eigenvalue weighted by atomic mass is 16.2. The quantitative estimate of drug-likeness (QED) is 0.798. The number of hydrogen-bond acceptors (Lipinski definition) is 4. The number of aromatic amines is 1. The van der Waals surface area contributed by atoms with Crippen molar-refractivity contribution in [3.63, 3.8) is 0 Å². The van der Waals surface area contributed by atoms with Crippen LogP contribution in [0.4, 0.5) is 0 Å². The van der Waals surface area contributed by atoms with Gasteiger partial charge in [0.1, 0.15) is 0 Å². The molecule has 2 aromatic rings. The summed E-state index contributed by atoms with van der Waals surface area (Å²) in [6, 6.07) is 6.76. The minimum Gasteiger partial charge on any atom is -0.369 e. The Morgan fingerprint density at radius 1 is 1.16 bits per heavy atom. The van der Waals surface area contributed by atoms with Gasteiger partial charge in [0.2, 0.25) is 11.8 Å². The second kappa shape index (κ2) is 6.92.